The van der Waals surface area contributed by atoms with Crippen LogP contribution in [0, 0.1) is 5.82 Å². The van der Waals surface area contributed by atoms with Crippen molar-refractivity contribution in [2.24, 2.45) is 0 Å². The molecule has 2 amide bonds. The molecule has 1 aromatic heterocycles. The first-order valence-corrected chi connectivity index (χ1v) is 7.28. The van der Waals surface area contributed by atoms with Crippen LogP contribution in [0.5, 0.6) is 0 Å². The van der Waals surface area contributed by atoms with Gasteiger partial charge in [-0.2, -0.15) is 0 Å². The largest absolute Gasteiger partial charge is 0.446 e. The molecule has 1 atom stereocenters. The van der Waals surface area contributed by atoms with Gasteiger partial charge >= 0.3 is 6.09 Å². The average molecular weight is 314 g/mol. The van der Waals surface area contributed by atoms with Gasteiger partial charge in [0.15, 0.2) is 0 Å². The number of imide groups is 1. The Morgan fingerprint density at radius 3 is 2.83 bits per heavy atom. The third kappa shape index (κ3) is 3.36. The fraction of sp³-hybridized carbons (Fsp3) is 0.235. The van der Waals surface area contributed by atoms with Crippen LogP contribution in [0.25, 0.3) is 0 Å². The molecule has 1 unspecified atom stereocenters. The van der Waals surface area contributed by atoms with Crippen molar-refractivity contribution in [2.75, 3.05) is 6.61 Å². The molecule has 1 aliphatic rings. The SMILES string of the molecule is O=C(CCc1cncc(F)c1)N1C(=O)OCC1c1ccccc1. The summed E-state index contributed by atoms with van der Waals surface area (Å²) in [4.78, 5) is 29.2. The lowest BCUT2D eigenvalue weighted by Crippen LogP contribution is -2.34. The van der Waals surface area contributed by atoms with Crippen LogP contribution >= 0.6 is 0 Å². The number of halogens is 1. The number of hydrogen-bond acceptors (Lipinski definition) is 4. The highest BCUT2D eigenvalue weighted by atomic mass is 19.1. The van der Waals surface area contributed by atoms with Crippen molar-refractivity contribution in [2.45, 2.75) is 18.9 Å². The fourth-order valence-electron chi connectivity index (χ4n) is 2.58. The predicted octanol–water partition coefficient (Wildman–Crippen LogP) is 2.87. The van der Waals surface area contributed by atoms with Crippen molar-refractivity contribution in [3.8, 4) is 0 Å². The molecular formula is C17H15FN2O3. The van der Waals surface area contributed by atoms with Crippen LogP contribution in [-0.4, -0.2) is 28.5 Å². The highest BCUT2D eigenvalue weighted by Crippen LogP contribution is 2.28. The summed E-state index contributed by atoms with van der Waals surface area (Å²) in [6, 6.07) is 10.2. The Kier molecular flexibility index (Phi) is 4.32. The average Bonchev–Trinajstić information content (AvgIpc) is 2.95. The lowest BCUT2D eigenvalue weighted by molar-refractivity contribution is -0.129. The molecule has 1 aromatic carbocycles. The number of nitrogens with zero attached hydrogens (tertiary/aromatic N) is 2. The molecule has 1 fully saturated rings. The lowest BCUT2D eigenvalue weighted by atomic mass is 10.1. The zero-order valence-electron chi connectivity index (χ0n) is 12.3. The van der Waals surface area contributed by atoms with Crippen LogP contribution in [0.2, 0.25) is 0 Å². The molecule has 1 aliphatic heterocycles. The number of benzene rings is 1. The highest BCUT2D eigenvalue weighted by Gasteiger charge is 2.38. The maximum atomic E-state index is 13.1. The van der Waals surface area contributed by atoms with Crippen molar-refractivity contribution in [1.82, 2.24) is 9.88 Å². The Morgan fingerprint density at radius 2 is 2.09 bits per heavy atom. The number of aryl methyl sites for hydroxylation is 1. The van der Waals surface area contributed by atoms with Gasteiger partial charge in [-0.1, -0.05) is 30.3 Å². The van der Waals surface area contributed by atoms with Gasteiger partial charge < -0.3 is 4.74 Å². The number of carbonyl (C=O) groups excluding carboxylic acids is 2. The zero-order chi connectivity index (χ0) is 16.2. The number of rotatable bonds is 4. The van der Waals surface area contributed by atoms with Gasteiger partial charge in [-0.25, -0.2) is 14.1 Å². The summed E-state index contributed by atoms with van der Waals surface area (Å²) in [6.07, 6.45) is 2.38. The number of hydrogen-bond donors (Lipinski definition) is 0. The van der Waals surface area contributed by atoms with Gasteiger partial charge in [0.2, 0.25) is 5.91 Å². The van der Waals surface area contributed by atoms with E-state index in [4.69, 9.17) is 4.74 Å². The molecule has 2 aromatic rings. The van der Waals surface area contributed by atoms with Gasteiger partial charge in [-0.3, -0.25) is 9.78 Å². The molecule has 0 bridgehead atoms. The van der Waals surface area contributed by atoms with E-state index in [1.54, 1.807) is 0 Å². The fourth-order valence-corrected chi connectivity index (χ4v) is 2.58. The maximum absolute atomic E-state index is 13.1. The van der Waals surface area contributed by atoms with E-state index < -0.39 is 18.0 Å². The molecule has 6 heteroatoms. The van der Waals surface area contributed by atoms with Crippen LogP contribution < -0.4 is 0 Å². The number of carbonyl (C=O) groups is 2. The van der Waals surface area contributed by atoms with E-state index in [-0.39, 0.29) is 18.9 Å². The molecule has 0 spiro atoms. The summed E-state index contributed by atoms with van der Waals surface area (Å²) in [6.45, 7) is 0.149. The first-order valence-electron chi connectivity index (χ1n) is 7.28. The maximum Gasteiger partial charge on any atom is 0.417 e. The molecule has 1 saturated heterocycles. The van der Waals surface area contributed by atoms with E-state index in [1.807, 2.05) is 30.3 Å². The van der Waals surface area contributed by atoms with E-state index in [1.165, 1.54) is 12.3 Å². The van der Waals surface area contributed by atoms with Crippen molar-refractivity contribution < 1.29 is 18.7 Å². The Labute approximate surface area is 132 Å². The van der Waals surface area contributed by atoms with Gasteiger partial charge in [0.1, 0.15) is 18.5 Å². The first-order chi connectivity index (χ1) is 11.1. The third-order valence-electron chi connectivity index (χ3n) is 3.72. The van der Waals surface area contributed by atoms with Gasteiger partial charge in [0.25, 0.3) is 0 Å². The van der Waals surface area contributed by atoms with Crippen LogP contribution in [-0.2, 0) is 16.0 Å². The number of amides is 2. The number of ether oxygens (including phenoxy) is 1. The number of pyridine rings is 1. The Morgan fingerprint density at radius 1 is 1.30 bits per heavy atom. The second-order valence-corrected chi connectivity index (χ2v) is 5.28. The molecule has 0 aliphatic carbocycles. The van der Waals surface area contributed by atoms with Crippen LogP contribution in [0.3, 0.4) is 0 Å². The molecule has 2 heterocycles. The summed E-state index contributed by atoms with van der Waals surface area (Å²) >= 11 is 0. The normalized spacial score (nSPS) is 17.2. The standard InChI is InChI=1S/C17H15FN2O3/c18-14-8-12(9-19-10-14)6-7-16(21)20-15(11-23-17(20)22)13-4-2-1-3-5-13/h1-5,8-10,15H,6-7,11H2. The summed E-state index contributed by atoms with van der Waals surface area (Å²) in [5.74, 6) is -0.789. The summed E-state index contributed by atoms with van der Waals surface area (Å²) in [7, 11) is 0. The minimum Gasteiger partial charge on any atom is -0.446 e. The van der Waals surface area contributed by atoms with Gasteiger partial charge in [-0.15, -0.1) is 0 Å². The lowest BCUT2D eigenvalue weighted by Gasteiger charge is -2.19. The molecule has 118 valence electrons. The highest BCUT2D eigenvalue weighted by molar-refractivity contribution is 5.93. The summed E-state index contributed by atoms with van der Waals surface area (Å²) in [5.41, 5.74) is 1.46. The Hall–Kier alpha value is -2.76. The summed E-state index contributed by atoms with van der Waals surface area (Å²) < 4.78 is 18.1. The van der Waals surface area contributed by atoms with E-state index in [0.29, 0.717) is 12.0 Å². The third-order valence-corrected chi connectivity index (χ3v) is 3.72. The van der Waals surface area contributed by atoms with Crippen LogP contribution in [0.15, 0.2) is 48.8 Å². The minimum absolute atomic E-state index is 0.0869. The molecular weight excluding hydrogens is 299 g/mol. The topological polar surface area (TPSA) is 59.5 Å². The van der Waals surface area contributed by atoms with Gasteiger partial charge in [-0.05, 0) is 23.6 Å². The minimum atomic E-state index is -0.638. The van der Waals surface area contributed by atoms with Gasteiger partial charge in [0, 0.05) is 12.6 Å². The second-order valence-electron chi connectivity index (χ2n) is 5.28. The van der Waals surface area contributed by atoms with Crippen LogP contribution in [0.4, 0.5) is 9.18 Å². The predicted molar refractivity (Wildman–Crippen MR) is 79.9 cm³/mol. The van der Waals surface area contributed by atoms with E-state index in [2.05, 4.69) is 4.98 Å². The van der Waals surface area contributed by atoms with Crippen molar-refractivity contribution in [3.63, 3.8) is 0 Å². The smallest absolute Gasteiger partial charge is 0.417 e. The van der Waals surface area contributed by atoms with Crippen LogP contribution in [0.1, 0.15) is 23.6 Å². The van der Waals surface area contributed by atoms with E-state index in [9.17, 15) is 14.0 Å². The molecule has 0 N–H and O–H groups in total. The van der Waals surface area contributed by atoms with E-state index in [0.717, 1.165) is 16.7 Å². The second kappa shape index (κ2) is 6.56. The monoisotopic (exact) mass is 314 g/mol. The molecule has 3 rings (SSSR count). The van der Waals surface area contributed by atoms with Crippen molar-refractivity contribution in [1.29, 1.82) is 0 Å². The molecule has 0 radical (unpaired) electrons. The molecule has 5 nitrogen and oxygen atoms in total. The van der Waals surface area contributed by atoms with E-state index >= 15 is 0 Å². The Bertz CT molecular complexity index is 721. The van der Waals surface area contributed by atoms with Crippen molar-refractivity contribution in [3.05, 3.63) is 65.7 Å². The van der Waals surface area contributed by atoms with Crippen molar-refractivity contribution >= 4 is 12.0 Å². The first kappa shape index (κ1) is 15.1. The molecule has 0 saturated carbocycles. The molecule has 23 heavy (non-hydrogen) atoms. The zero-order valence-corrected chi connectivity index (χ0v) is 12.3. The number of aromatic nitrogens is 1. The van der Waals surface area contributed by atoms with Gasteiger partial charge in [0.05, 0.1) is 6.20 Å². The Balaban J connectivity index is 1.70. The quantitative estimate of drug-likeness (QED) is 0.870. The summed E-state index contributed by atoms with van der Waals surface area (Å²) in [5, 5.41) is 0. The number of cyclic esters (lactones) is 1.